The smallest absolute Gasteiger partial charge is 0.294 e. The Balaban J connectivity index is 1.22. The van der Waals surface area contributed by atoms with Crippen LogP contribution in [0.2, 0.25) is 5.02 Å². The first kappa shape index (κ1) is 27.0. The van der Waals surface area contributed by atoms with Gasteiger partial charge in [0.1, 0.15) is 0 Å². The van der Waals surface area contributed by atoms with Crippen molar-refractivity contribution in [3.8, 4) is 5.75 Å². The highest BCUT2D eigenvalue weighted by atomic mass is 35.5. The van der Waals surface area contributed by atoms with E-state index in [0.29, 0.717) is 35.1 Å². The fourth-order valence-electron chi connectivity index (χ4n) is 4.51. The molecule has 2 amide bonds. The summed E-state index contributed by atoms with van der Waals surface area (Å²) in [5.74, 6) is 0.453. The van der Waals surface area contributed by atoms with Gasteiger partial charge in [0.05, 0.1) is 12.2 Å². The van der Waals surface area contributed by atoms with Gasteiger partial charge in [-0.2, -0.15) is 0 Å². The summed E-state index contributed by atoms with van der Waals surface area (Å²) in [5.41, 5.74) is 4.13. The lowest BCUT2D eigenvalue weighted by molar-refractivity contribution is -0.117. The molecule has 0 saturated carbocycles. The lowest BCUT2D eigenvalue weighted by Gasteiger charge is -2.30. The molecule has 1 heterocycles. The lowest BCUT2D eigenvalue weighted by Crippen LogP contribution is -2.36. The van der Waals surface area contributed by atoms with Gasteiger partial charge in [0.15, 0.2) is 11.5 Å². The minimum atomic E-state index is -0.240. The summed E-state index contributed by atoms with van der Waals surface area (Å²) in [6, 6.07) is 32.2. The van der Waals surface area contributed by atoms with Crippen molar-refractivity contribution in [3.05, 3.63) is 131 Å². The second kappa shape index (κ2) is 12.5. The summed E-state index contributed by atoms with van der Waals surface area (Å²) in [7, 11) is 2.04. The molecule has 0 saturated heterocycles. The third kappa shape index (κ3) is 6.53. The van der Waals surface area contributed by atoms with Crippen LogP contribution in [0.15, 0.2) is 109 Å². The van der Waals surface area contributed by atoms with Gasteiger partial charge < -0.3 is 15.0 Å². The maximum atomic E-state index is 13.5. The van der Waals surface area contributed by atoms with E-state index in [1.54, 1.807) is 23.1 Å². The Morgan fingerprint density at radius 1 is 0.925 bits per heavy atom. The fourth-order valence-corrected chi connectivity index (χ4v) is 4.63. The molecule has 6 nitrogen and oxygen atoms in total. The maximum Gasteiger partial charge on any atom is 0.294 e. The minimum Gasteiger partial charge on any atom is -0.449 e. The van der Waals surface area contributed by atoms with Crippen molar-refractivity contribution in [1.29, 1.82) is 0 Å². The van der Waals surface area contributed by atoms with Crippen LogP contribution >= 0.6 is 11.6 Å². The third-order valence-corrected chi connectivity index (χ3v) is 6.96. The highest BCUT2D eigenvalue weighted by molar-refractivity contribution is 6.30. The summed E-state index contributed by atoms with van der Waals surface area (Å²) in [4.78, 5) is 30.0. The molecule has 0 unspecified atom stereocenters. The number of para-hydroxylation sites is 3. The molecular weight excluding hydrogens is 522 g/mol. The molecule has 0 fully saturated rings. The Bertz CT molecular complexity index is 1500. The molecular formula is C33H30ClN3O3. The molecule has 0 spiro atoms. The number of hydrogen-bond donors (Lipinski definition) is 1. The van der Waals surface area contributed by atoms with Crippen LogP contribution in [-0.2, 0) is 11.3 Å². The van der Waals surface area contributed by atoms with Gasteiger partial charge in [-0.05, 0) is 72.2 Å². The zero-order valence-electron chi connectivity index (χ0n) is 22.2. The second-order valence-corrected chi connectivity index (χ2v) is 10.0. The van der Waals surface area contributed by atoms with E-state index in [0.717, 1.165) is 29.8 Å². The first-order chi connectivity index (χ1) is 19.5. The van der Waals surface area contributed by atoms with Crippen molar-refractivity contribution in [1.82, 2.24) is 5.32 Å². The van der Waals surface area contributed by atoms with Crippen molar-refractivity contribution in [2.75, 3.05) is 29.9 Å². The molecule has 40 heavy (non-hydrogen) atoms. The average Bonchev–Trinajstić information content (AvgIpc) is 2.99. The Hall–Kier alpha value is -4.55. The van der Waals surface area contributed by atoms with E-state index in [4.69, 9.17) is 16.3 Å². The number of hydrogen-bond acceptors (Lipinski definition) is 4. The van der Waals surface area contributed by atoms with Crippen molar-refractivity contribution in [2.45, 2.75) is 13.0 Å². The summed E-state index contributed by atoms with van der Waals surface area (Å²) in [5, 5.41) is 3.63. The zero-order valence-corrected chi connectivity index (χ0v) is 23.0. The number of carbonyl (C=O) groups is 2. The predicted molar refractivity (Wildman–Crippen MR) is 161 cm³/mol. The topological polar surface area (TPSA) is 61.9 Å². The van der Waals surface area contributed by atoms with Crippen LogP contribution in [0.4, 0.5) is 11.4 Å². The van der Waals surface area contributed by atoms with Gasteiger partial charge in [-0.15, -0.1) is 0 Å². The van der Waals surface area contributed by atoms with Crippen molar-refractivity contribution >= 4 is 40.9 Å². The summed E-state index contributed by atoms with van der Waals surface area (Å²) in [6.45, 7) is 1.80. The van der Waals surface area contributed by atoms with Crippen LogP contribution < -0.4 is 19.9 Å². The van der Waals surface area contributed by atoms with Crippen LogP contribution in [0.1, 0.15) is 27.9 Å². The van der Waals surface area contributed by atoms with Crippen LogP contribution in [0.5, 0.6) is 5.75 Å². The van der Waals surface area contributed by atoms with E-state index in [1.807, 2.05) is 85.9 Å². The number of rotatable bonds is 9. The Morgan fingerprint density at radius 2 is 1.62 bits per heavy atom. The number of ether oxygens (including phenoxy) is 1. The van der Waals surface area contributed by atoms with Crippen LogP contribution in [-0.4, -0.2) is 32.0 Å². The minimum absolute atomic E-state index is 0.130. The van der Waals surface area contributed by atoms with Crippen molar-refractivity contribution in [2.24, 2.45) is 0 Å². The van der Waals surface area contributed by atoms with E-state index >= 15 is 0 Å². The van der Waals surface area contributed by atoms with Gasteiger partial charge in [0.25, 0.3) is 11.8 Å². The van der Waals surface area contributed by atoms with Crippen molar-refractivity contribution < 1.29 is 14.3 Å². The molecule has 0 radical (unpaired) electrons. The number of nitrogens with one attached hydrogen (secondary N) is 1. The van der Waals surface area contributed by atoms with Gasteiger partial charge in [0.2, 0.25) is 0 Å². The van der Waals surface area contributed by atoms with Gasteiger partial charge in [-0.1, -0.05) is 66.2 Å². The number of amides is 2. The molecule has 0 bridgehead atoms. The molecule has 7 heteroatoms. The molecule has 1 aliphatic rings. The second-order valence-electron chi connectivity index (χ2n) is 9.58. The normalized spacial score (nSPS) is 13.5. The molecule has 0 aliphatic carbocycles. The standard InChI is InChI=1S/C33H30ClN3O3/c1-36(28-8-3-2-4-9-28)21-7-20-35-32(38)26-16-12-24(13-17-26)22-31-33(39)37(23-25-14-18-27(34)19-15-25)29-10-5-6-11-30(29)40-31/h2-6,8-19,22H,7,20-21,23H2,1H3,(H,35,38)/b31-22-. The highest BCUT2D eigenvalue weighted by Gasteiger charge is 2.30. The average molecular weight is 552 g/mol. The lowest BCUT2D eigenvalue weighted by atomic mass is 10.1. The first-order valence-electron chi connectivity index (χ1n) is 13.2. The van der Waals surface area contributed by atoms with Gasteiger partial charge in [-0.3, -0.25) is 14.5 Å². The number of carbonyl (C=O) groups excluding carboxylic acids is 2. The van der Waals surface area contributed by atoms with Crippen molar-refractivity contribution in [3.63, 3.8) is 0 Å². The van der Waals surface area contributed by atoms with E-state index in [1.165, 1.54) is 0 Å². The summed E-state index contributed by atoms with van der Waals surface area (Å²) < 4.78 is 6.00. The SMILES string of the molecule is CN(CCCNC(=O)c1ccc(/C=C2\Oc3ccccc3N(Cc3ccc(Cl)cc3)C2=O)cc1)c1ccccc1. The van der Waals surface area contributed by atoms with E-state index in [9.17, 15) is 9.59 Å². The highest BCUT2D eigenvalue weighted by Crippen LogP contribution is 2.36. The molecule has 0 aromatic heterocycles. The molecule has 4 aromatic carbocycles. The number of anilines is 2. The monoisotopic (exact) mass is 551 g/mol. The number of nitrogens with zero attached hydrogens (tertiary/aromatic N) is 2. The van der Waals surface area contributed by atoms with Gasteiger partial charge in [0, 0.05) is 36.4 Å². The summed E-state index contributed by atoms with van der Waals surface area (Å²) in [6.07, 6.45) is 2.53. The number of benzene rings is 4. The molecule has 0 atom stereocenters. The molecule has 1 aliphatic heterocycles. The number of fused-ring (bicyclic) bond motifs is 1. The van der Waals surface area contributed by atoms with Gasteiger partial charge >= 0.3 is 0 Å². The number of halogens is 1. The molecule has 1 N–H and O–H groups in total. The van der Waals surface area contributed by atoms with Crippen LogP contribution in [0.3, 0.4) is 0 Å². The van der Waals surface area contributed by atoms with E-state index in [-0.39, 0.29) is 17.6 Å². The Morgan fingerprint density at radius 3 is 2.38 bits per heavy atom. The van der Waals surface area contributed by atoms with E-state index in [2.05, 4.69) is 22.3 Å². The molecule has 4 aromatic rings. The maximum absolute atomic E-state index is 13.5. The van der Waals surface area contributed by atoms with Gasteiger partial charge in [-0.25, -0.2) is 0 Å². The van der Waals surface area contributed by atoms with Crippen LogP contribution in [0.25, 0.3) is 6.08 Å². The van der Waals surface area contributed by atoms with E-state index < -0.39 is 0 Å². The largest absolute Gasteiger partial charge is 0.449 e. The Kier molecular flexibility index (Phi) is 8.47. The summed E-state index contributed by atoms with van der Waals surface area (Å²) >= 11 is 6.04. The predicted octanol–water partition coefficient (Wildman–Crippen LogP) is 6.56. The van der Waals surface area contributed by atoms with Crippen LogP contribution in [0, 0.1) is 0 Å². The zero-order chi connectivity index (χ0) is 27.9. The Labute approximate surface area is 239 Å². The molecule has 202 valence electrons. The first-order valence-corrected chi connectivity index (χ1v) is 13.5. The fraction of sp³-hybridized carbons (Fsp3) is 0.152. The quantitative estimate of drug-likeness (QED) is 0.189. The third-order valence-electron chi connectivity index (χ3n) is 6.71. The molecule has 5 rings (SSSR count).